The molecular weight excluding hydrogens is 976 g/mol. The van der Waals surface area contributed by atoms with Crippen molar-refractivity contribution in [1.29, 1.82) is 5.26 Å². The lowest BCUT2D eigenvalue weighted by atomic mass is 9.62. The molecule has 2 saturated heterocycles. The van der Waals surface area contributed by atoms with Crippen LogP contribution in [0.2, 0.25) is 10.0 Å². The molecule has 20 heteroatoms. The molecule has 70 heavy (non-hydrogen) atoms. The Bertz CT molecular complexity index is 2670. The first kappa shape index (κ1) is 52.7. The first-order valence-electron chi connectivity index (χ1n) is 22.6. The molecular formula is C50H54Cl2F4N6O7S. The van der Waals surface area contributed by atoms with Crippen LogP contribution >= 0.6 is 34.5 Å². The molecule has 2 fully saturated rings. The van der Waals surface area contributed by atoms with E-state index in [0.717, 1.165) is 17.3 Å². The molecule has 1 aromatic heterocycles. The van der Waals surface area contributed by atoms with E-state index in [1.165, 1.54) is 67.0 Å². The number of ether oxygens (including phenoxy) is 5. The van der Waals surface area contributed by atoms with Gasteiger partial charge in [0.15, 0.2) is 16.7 Å². The third-order valence-corrected chi connectivity index (χ3v) is 13.5. The van der Waals surface area contributed by atoms with Gasteiger partial charge in [-0.15, -0.1) is 11.3 Å². The SMILES string of the molecule is COc1cc(C(O)NCCOCCOCCOc2c(-c3csc(N4CCOCC4)n3)ccc(F)c2F)ccc1NC(=O)C1N[C@@H](CC(C)(C)C)[C@](C#N)(c2ccc(Cl)cc2F)[C@H]1c1cccc(Cl)c1F. The summed E-state index contributed by atoms with van der Waals surface area (Å²) in [5.74, 6) is -5.78. The lowest BCUT2D eigenvalue weighted by Crippen LogP contribution is -2.45. The molecule has 7 rings (SSSR count). The average molecular weight is 1030 g/mol. The van der Waals surface area contributed by atoms with Gasteiger partial charge in [-0.2, -0.15) is 9.65 Å². The van der Waals surface area contributed by atoms with Crippen LogP contribution in [0, 0.1) is 40.0 Å². The molecule has 2 aliphatic rings. The third-order valence-electron chi connectivity index (χ3n) is 12.1. The van der Waals surface area contributed by atoms with Crippen molar-refractivity contribution in [2.24, 2.45) is 5.41 Å². The van der Waals surface area contributed by atoms with E-state index in [1.807, 2.05) is 20.8 Å². The summed E-state index contributed by atoms with van der Waals surface area (Å²) >= 11 is 13.8. The zero-order valence-corrected chi connectivity index (χ0v) is 41.3. The predicted molar refractivity (Wildman–Crippen MR) is 260 cm³/mol. The van der Waals surface area contributed by atoms with Crippen molar-refractivity contribution in [2.45, 2.75) is 56.8 Å². The van der Waals surface area contributed by atoms with Crippen LogP contribution in [-0.2, 0) is 24.4 Å². The molecule has 4 aromatic carbocycles. The molecule has 374 valence electrons. The number of hydrogen-bond donors (Lipinski definition) is 4. The molecule has 2 aliphatic heterocycles. The van der Waals surface area contributed by atoms with Gasteiger partial charge in [-0.25, -0.2) is 18.2 Å². The Balaban J connectivity index is 0.927. The van der Waals surface area contributed by atoms with Gasteiger partial charge in [0.25, 0.3) is 0 Å². The number of carbonyl (C=O) groups excluding carboxylic acids is 1. The predicted octanol–water partition coefficient (Wildman–Crippen LogP) is 9.17. The van der Waals surface area contributed by atoms with Gasteiger partial charge in [0.05, 0.1) is 75.3 Å². The highest BCUT2D eigenvalue weighted by Crippen LogP contribution is 2.53. The number of rotatable bonds is 20. The number of hydrogen-bond acceptors (Lipinski definition) is 13. The van der Waals surface area contributed by atoms with Gasteiger partial charge in [-0.1, -0.05) is 68.2 Å². The first-order chi connectivity index (χ1) is 33.6. The molecule has 0 bridgehead atoms. The number of thiazole rings is 1. The van der Waals surface area contributed by atoms with Crippen molar-refractivity contribution in [3.63, 3.8) is 0 Å². The van der Waals surface area contributed by atoms with E-state index in [2.05, 4.69) is 31.9 Å². The number of benzene rings is 4. The van der Waals surface area contributed by atoms with Gasteiger partial charge in [-0.3, -0.25) is 10.1 Å². The molecule has 5 atom stereocenters. The molecule has 4 N–H and O–H groups in total. The van der Waals surface area contributed by atoms with Gasteiger partial charge in [-0.05, 0) is 65.4 Å². The number of aromatic nitrogens is 1. The number of aliphatic hydroxyl groups is 1. The monoisotopic (exact) mass is 1030 g/mol. The molecule has 0 saturated carbocycles. The second kappa shape index (κ2) is 23.4. The number of methoxy groups -OCH3 is 1. The second-order valence-corrected chi connectivity index (χ2v) is 19.6. The number of carbonyl (C=O) groups is 1. The van der Waals surface area contributed by atoms with E-state index >= 15 is 8.78 Å². The van der Waals surface area contributed by atoms with Crippen molar-refractivity contribution < 1.29 is 51.1 Å². The zero-order chi connectivity index (χ0) is 50.2. The van der Waals surface area contributed by atoms with Gasteiger partial charge < -0.3 is 44.3 Å². The van der Waals surface area contributed by atoms with E-state index in [9.17, 15) is 23.9 Å². The number of aliphatic hydroxyl groups excluding tert-OH is 1. The largest absolute Gasteiger partial charge is 0.495 e. The maximum Gasteiger partial charge on any atom is 0.242 e. The van der Waals surface area contributed by atoms with Crippen LogP contribution in [0.1, 0.15) is 56.0 Å². The number of nitriles is 1. The minimum absolute atomic E-state index is 0.0492. The number of halogens is 6. The lowest BCUT2D eigenvalue weighted by Gasteiger charge is -2.37. The summed E-state index contributed by atoms with van der Waals surface area (Å²) in [5.41, 5.74) is -0.941. The maximum absolute atomic E-state index is 16.1. The Morgan fingerprint density at radius 2 is 1.74 bits per heavy atom. The zero-order valence-electron chi connectivity index (χ0n) is 38.9. The fourth-order valence-corrected chi connectivity index (χ4v) is 10.0. The quantitative estimate of drug-likeness (QED) is 0.0333. The maximum atomic E-state index is 16.1. The smallest absolute Gasteiger partial charge is 0.242 e. The van der Waals surface area contributed by atoms with Crippen LogP contribution < -0.4 is 30.3 Å². The van der Waals surface area contributed by atoms with Crippen LogP contribution in [0.15, 0.2) is 72.1 Å². The molecule has 0 radical (unpaired) electrons. The normalized spacial score (nSPS) is 19.7. The third kappa shape index (κ3) is 12.0. The summed E-state index contributed by atoms with van der Waals surface area (Å²) in [6.45, 7) is 9.22. The van der Waals surface area contributed by atoms with Crippen LogP contribution in [0.3, 0.4) is 0 Å². The first-order valence-corrected chi connectivity index (χ1v) is 24.2. The number of nitrogens with one attached hydrogen (secondary N) is 3. The minimum atomic E-state index is -1.82. The number of amides is 1. The molecule has 3 heterocycles. The minimum Gasteiger partial charge on any atom is -0.495 e. The van der Waals surface area contributed by atoms with Crippen molar-refractivity contribution in [3.8, 4) is 28.8 Å². The Morgan fingerprint density at radius 1 is 1.00 bits per heavy atom. The van der Waals surface area contributed by atoms with Crippen LogP contribution in [0.5, 0.6) is 11.5 Å². The summed E-state index contributed by atoms with van der Waals surface area (Å²) in [4.78, 5) is 21.2. The van der Waals surface area contributed by atoms with Crippen LogP contribution in [-0.4, -0.2) is 101 Å². The molecule has 5 aromatic rings. The van der Waals surface area contributed by atoms with Crippen molar-refractivity contribution >= 4 is 51.3 Å². The van der Waals surface area contributed by atoms with Gasteiger partial charge in [0.1, 0.15) is 35.6 Å². The Kier molecular flexibility index (Phi) is 17.7. The summed E-state index contributed by atoms with van der Waals surface area (Å²) in [6, 6.07) is 15.6. The average Bonchev–Trinajstić information content (AvgIpc) is 3.95. The van der Waals surface area contributed by atoms with Gasteiger partial charge >= 0.3 is 0 Å². The van der Waals surface area contributed by atoms with Gasteiger partial charge in [0.2, 0.25) is 11.7 Å². The fourth-order valence-electron chi connectivity index (χ4n) is 8.82. The number of morpholine rings is 1. The van der Waals surface area contributed by atoms with E-state index in [1.54, 1.807) is 11.4 Å². The van der Waals surface area contributed by atoms with E-state index in [0.29, 0.717) is 43.1 Å². The standard InChI is InChI=1S/C50H54Cl2F4N6O7S/c1-49(2,3)26-40-50(28-57,33-11-9-30(51)25-36(33)54)41(32-6-5-7-34(52)42(32)55)44(61-40)47(64)59-37-13-8-29(24-39(37)65-4)46(63)58-14-17-66-20-21-68-22-23-69-45-31(10-12-35(53)43(45)56)38-27-70-48(60-38)62-15-18-67-19-16-62/h5-13,24-25,27,40-41,44,46,58,61,63H,14-23,26H2,1-4H3,(H,59,64)/t40-,41-,44?,46?,50-/m0/s1. The second-order valence-electron chi connectivity index (χ2n) is 17.9. The van der Waals surface area contributed by atoms with Crippen LogP contribution in [0.25, 0.3) is 11.3 Å². The topological polar surface area (TPSA) is 159 Å². The fraction of sp³-hybridized carbons (Fsp3) is 0.420. The highest BCUT2D eigenvalue weighted by molar-refractivity contribution is 7.14. The van der Waals surface area contributed by atoms with Crippen molar-refractivity contribution in [3.05, 3.63) is 122 Å². The summed E-state index contributed by atoms with van der Waals surface area (Å²) in [6.07, 6.45) is -0.882. The Morgan fingerprint density at radius 3 is 2.46 bits per heavy atom. The summed E-state index contributed by atoms with van der Waals surface area (Å²) in [7, 11) is 1.39. The molecule has 0 aliphatic carbocycles. The van der Waals surface area contributed by atoms with E-state index < -0.39 is 64.2 Å². The highest BCUT2D eigenvalue weighted by Gasteiger charge is 2.61. The van der Waals surface area contributed by atoms with Gasteiger partial charge in [0, 0.05) is 53.1 Å². The highest BCUT2D eigenvalue weighted by atomic mass is 35.5. The van der Waals surface area contributed by atoms with Crippen molar-refractivity contribution in [1.82, 2.24) is 15.6 Å². The Labute approximate surface area is 417 Å². The molecule has 0 spiro atoms. The molecule has 1 amide bonds. The molecule has 2 unspecified atom stereocenters. The van der Waals surface area contributed by atoms with Crippen LogP contribution in [0.4, 0.5) is 28.4 Å². The van der Waals surface area contributed by atoms with Crippen molar-refractivity contribution in [2.75, 3.05) is 83.2 Å². The van der Waals surface area contributed by atoms with E-state index in [4.69, 9.17) is 46.9 Å². The Hall–Kier alpha value is -5.07. The number of anilines is 2. The number of nitrogens with zero attached hydrogens (tertiary/aromatic N) is 3. The lowest BCUT2D eigenvalue weighted by molar-refractivity contribution is -0.118. The molecule has 13 nitrogen and oxygen atoms in total. The van der Waals surface area contributed by atoms with E-state index in [-0.39, 0.29) is 84.4 Å². The summed E-state index contributed by atoms with van der Waals surface area (Å²) < 4.78 is 89.2. The summed E-state index contributed by atoms with van der Waals surface area (Å²) in [5, 5.41) is 33.7.